The van der Waals surface area contributed by atoms with Crippen LogP contribution in [0.3, 0.4) is 0 Å². The summed E-state index contributed by atoms with van der Waals surface area (Å²) in [6.07, 6.45) is 50.4. The lowest BCUT2D eigenvalue weighted by molar-refractivity contribution is -0.161. The molecule has 0 aromatic rings. The third-order valence-corrected chi connectivity index (χ3v) is 19.8. The molecule has 0 heterocycles. The molecule has 0 rings (SSSR count). The Balaban J connectivity index is 5.13. The van der Waals surface area contributed by atoms with E-state index in [-0.39, 0.29) is 25.7 Å². The largest absolute Gasteiger partial charge is 0.472 e. The van der Waals surface area contributed by atoms with Gasteiger partial charge in [0.2, 0.25) is 0 Å². The first-order valence-electron chi connectivity index (χ1n) is 39.2. The van der Waals surface area contributed by atoms with Crippen molar-refractivity contribution in [1.82, 2.24) is 0 Å². The Morgan fingerprint density at radius 3 is 0.747 bits per heavy atom. The Kier molecular flexibility index (Phi) is 64.0. The zero-order valence-corrected chi connectivity index (χ0v) is 64.1. The Morgan fingerprint density at radius 2 is 0.505 bits per heavy atom. The summed E-state index contributed by atoms with van der Waals surface area (Å²) in [6.45, 7) is 14.1. The highest BCUT2D eigenvalue weighted by atomic mass is 31.2. The molecule has 19 heteroatoms. The third-order valence-electron chi connectivity index (χ3n) is 17.9. The standard InChI is InChI=1S/C76H148O17P2/c1-9-69(8)55-47-39-29-25-21-16-14-12-10-11-13-15-17-22-26-30-42-50-58-75(80)92-71(62-86-73(78)56-48-40-34-32-37-45-53-67(4)5)64-90-94(82,83)88-60-70(77)61-89-95(84,85)91-65-72(63-87-74(79)57-49-41-35-33-38-46-54-68(6)7)93-76(81)59-51-43-31-27-23-19-18-20-24-28-36-44-52-66(2)3/h66-72,77H,9-65H2,1-8H3,(H,82,83)(H,84,85)/t69?,70-,71+,72+/m0/s1. The highest BCUT2D eigenvalue weighted by Crippen LogP contribution is 2.45. The van der Waals surface area contributed by atoms with E-state index < -0.39 is 97.5 Å². The van der Waals surface area contributed by atoms with Crippen LogP contribution < -0.4 is 0 Å². The summed E-state index contributed by atoms with van der Waals surface area (Å²) in [7, 11) is -9.91. The zero-order valence-electron chi connectivity index (χ0n) is 62.3. The fraction of sp³-hybridized carbons (Fsp3) is 0.947. The molecular weight excluding hydrogens is 1250 g/mol. The minimum Gasteiger partial charge on any atom is -0.462 e. The van der Waals surface area contributed by atoms with Crippen LogP contribution in [0.4, 0.5) is 0 Å². The van der Waals surface area contributed by atoms with E-state index in [1.54, 1.807) is 0 Å². The average Bonchev–Trinajstić information content (AvgIpc) is 1.52. The number of aliphatic hydroxyl groups excluding tert-OH is 1. The summed E-state index contributed by atoms with van der Waals surface area (Å²) >= 11 is 0. The summed E-state index contributed by atoms with van der Waals surface area (Å²) in [5.74, 6) is 0.880. The first-order chi connectivity index (χ1) is 45.6. The SMILES string of the molecule is CCC(C)CCCCCCCCCCCCCCCCCCCCC(=O)O[C@H](COC(=O)CCCCCCCCC(C)C)COP(=O)(O)OC[C@H](O)COP(=O)(O)OC[C@@H](COC(=O)CCCCCCCCC(C)C)OC(=O)CCCCCCCCCCCCCCC(C)C. The van der Waals surface area contributed by atoms with Crippen LogP contribution in [0, 0.1) is 23.7 Å². The van der Waals surface area contributed by atoms with E-state index in [1.807, 2.05) is 0 Å². The molecule has 0 saturated carbocycles. The number of unbranched alkanes of at least 4 members (excludes halogenated alkanes) is 38. The second-order valence-corrected chi connectivity index (χ2v) is 32.0. The maximum atomic E-state index is 13.1. The molecule has 0 spiro atoms. The number of ether oxygens (including phenoxy) is 4. The normalized spacial score (nSPS) is 14.4. The highest BCUT2D eigenvalue weighted by Gasteiger charge is 2.30. The lowest BCUT2D eigenvalue weighted by Crippen LogP contribution is -2.30. The molecule has 0 amide bonds. The van der Waals surface area contributed by atoms with E-state index in [4.69, 9.17) is 37.0 Å². The van der Waals surface area contributed by atoms with Gasteiger partial charge in [0, 0.05) is 25.7 Å². The zero-order chi connectivity index (χ0) is 70.3. The molecule has 17 nitrogen and oxygen atoms in total. The van der Waals surface area contributed by atoms with Crippen molar-refractivity contribution in [3.8, 4) is 0 Å². The molecule has 0 aliphatic carbocycles. The lowest BCUT2D eigenvalue weighted by Gasteiger charge is -2.21. The summed E-state index contributed by atoms with van der Waals surface area (Å²) in [5.41, 5.74) is 0. The monoisotopic (exact) mass is 1400 g/mol. The van der Waals surface area contributed by atoms with Crippen LogP contribution in [0.5, 0.6) is 0 Å². The van der Waals surface area contributed by atoms with Gasteiger partial charge in [-0.1, -0.05) is 331 Å². The van der Waals surface area contributed by atoms with Crippen molar-refractivity contribution >= 4 is 39.5 Å². The Morgan fingerprint density at radius 1 is 0.295 bits per heavy atom. The molecule has 0 saturated heterocycles. The summed E-state index contributed by atoms with van der Waals surface area (Å²) in [6, 6.07) is 0. The van der Waals surface area contributed by atoms with Gasteiger partial charge in [-0.15, -0.1) is 0 Å². The molecule has 564 valence electrons. The number of hydrogen-bond donors (Lipinski definition) is 3. The van der Waals surface area contributed by atoms with Gasteiger partial charge < -0.3 is 33.8 Å². The third kappa shape index (κ3) is 69.0. The Hall–Kier alpha value is -1.94. The molecule has 3 unspecified atom stereocenters. The van der Waals surface area contributed by atoms with E-state index in [1.165, 1.54) is 173 Å². The minimum atomic E-state index is -4.96. The van der Waals surface area contributed by atoms with Crippen LogP contribution >= 0.6 is 15.6 Å². The number of carbonyl (C=O) groups excluding carboxylic acids is 4. The fourth-order valence-corrected chi connectivity index (χ4v) is 13.1. The van der Waals surface area contributed by atoms with Crippen molar-refractivity contribution in [3.63, 3.8) is 0 Å². The number of carbonyl (C=O) groups is 4. The molecule has 0 aliphatic heterocycles. The van der Waals surface area contributed by atoms with Crippen molar-refractivity contribution in [1.29, 1.82) is 0 Å². The number of phosphoric acid groups is 2. The van der Waals surface area contributed by atoms with E-state index in [0.717, 1.165) is 115 Å². The second-order valence-electron chi connectivity index (χ2n) is 29.1. The van der Waals surface area contributed by atoms with Crippen LogP contribution in [0.25, 0.3) is 0 Å². The lowest BCUT2D eigenvalue weighted by atomic mass is 9.99. The summed E-state index contributed by atoms with van der Waals surface area (Å²) in [4.78, 5) is 72.7. The molecule has 0 aromatic heterocycles. The Bertz CT molecular complexity index is 1870. The number of esters is 4. The van der Waals surface area contributed by atoms with Gasteiger partial charge in [0.15, 0.2) is 12.2 Å². The van der Waals surface area contributed by atoms with Gasteiger partial charge >= 0.3 is 39.5 Å². The highest BCUT2D eigenvalue weighted by molar-refractivity contribution is 7.47. The smallest absolute Gasteiger partial charge is 0.462 e. The van der Waals surface area contributed by atoms with Gasteiger partial charge in [-0.05, 0) is 49.4 Å². The quantitative estimate of drug-likeness (QED) is 0.0222. The van der Waals surface area contributed by atoms with Gasteiger partial charge in [-0.2, -0.15) is 0 Å². The van der Waals surface area contributed by atoms with Gasteiger partial charge in [0.05, 0.1) is 26.4 Å². The minimum absolute atomic E-state index is 0.105. The fourth-order valence-electron chi connectivity index (χ4n) is 11.5. The molecule has 0 aliphatic rings. The molecule has 6 atom stereocenters. The molecule has 0 fully saturated rings. The molecular formula is C76H148O17P2. The van der Waals surface area contributed by atoms with Gasteiger partial charge in [-0.25, -0.2) is 9.13 Å². The van der Waals surface area contributed by atoms with E-state index >= 15 is 0 Å². The first kappa shape index (κ1) is 93.1. The van der Waals surface area contributed by atoms with E-state index in [2.05, 4.69) is 55.4 Å². The molecule has 3 N–H and O–H groups in total. The summed E-state index contributed by atoms with van der Waals surface area (Å²) in [5, 5.41) is 10.6. The number of rotatable bonds is 73. The van der Waals surface area contributed by atoms with Crippen LogP contribution in [0.2, 0.25) is 0 Å². The van der Waals surface area contributed by atoms with E-state index in [0.29, 0.717) is 37.5 Å². The number of aliphatic hydroxyl groups is 1. The molecule has 0 radical (unpaired) electrons. The average molecular weight is 1400 g/mol. The van der Waals surface area contributed by atoms with Crippen molar-refractivity contribution < 1.29 is 80.2 Å². The van der Waals surface area contributed by atoms with E-state index in [9.17, 15) is 43.2 Å². The predicted octanol–water partition coefficient (Wildman–Crippen LogP) is 22.0. The second kappa shape index (κ2) is 65.4. The summed E-state index contributed by atoms with van der Waals surface area (Å²) < 4.78 is 68.4. The van der Waals surface area contributed by atoms with Crippen molar-refractivity contribution in [3.05, 3.63) is 0 Å². The number of hydrogen-bond acceptors (Lipinski definition) is 15. The topological polar surface area (TPSA) is 237 Å². The Labute approximate surface area is 581 Å². The molecule has 0 aromatic carbocycles. The van der Waals surface area contributed by atoms with Crippen molar-refractivity contribution in [2.75, 3.05) is 39.6 Å². The predicted molar refractivity (Wildman–Crippen MR) is 386 cm³/mol. The van der Waals surface area contributed by atoms with Crippen molar-refractivity contribution in [2.24, 2.45) is 23.7 Å². The molecule has 95 heavy (non-hydrogen) atoms. The van der Waals surface area contributed by atoms with Gasteiger partial charge in [0.25, 0.3) is 0 Å². The van der Waals surface area contributed by atoms with Gasteiger partial charge in [-0.3, -0.25) is 37.3 Å². The maximum Gasteiger partial charge on any atom is 0.472 e. The first-order valence-corrected chi connectivity index (χ1v) is 42.2. The van der Waals surface area contributed by atoms with Gasteiger partial charge in [0.1, 0.15) is 19.3 Å². The van der Waals surface area contributed by atoms with Crippen LogP contribution in [0.15, 0.2) is 0 Å². The maximum absolute atomic E-state index is 13.1. The number of phosphoric ester groups is 2. The molecule has 0 bridgehead atoms. The van der Waals surface area contributed by atoms with Crippen LogP contribution in [0.1, 0.15) is 383 Å². The van der Waals surface area contributed by atoms with Crippen molar-refractivity contribution in [2.45, 2.75) is 401 Å². The van der Waals surface area contributed by atoms with Crippen LogP contribution in [-0.4, -0.2) is 96.7 Å². The van der Waals surface area contributed by atoms with Crippen LogP contribution in [-0.2, 0) is 65.4 Å².